The molecule has 2 aromatic carbocycles. The van der Waals surface area contributed by atoms with Crippen molar-refractivity contribution in [1.82, 2.24) is 4.98 Å². The molecule has 0 bridgehead atoms. The Morgan fingerprint density at radius 3 is 2.68 bits per heavy atom. The summed E-state index contributed by atoms with van der Waals surface area (Å²) in [6, 6.07) is 11.4. The van der Waals surface area contributed by atoms with Crippen LogP contribution in [0.4, 0.5) is 15.2 Å². The maximum absolute atomic E-state index is 13.8. The molecule has 3 rings (SSSR count). The largest absolute Gasteiger partial charge is 0.455 e. The fourth-order valence-corrected chi connectivity index (χ4v) is 3.68. The third-order valence-electron chi connectivity index (χ3n) is 3.82. The van der Waals surface area contributed by atoms with Gasteiger partial charge in [-0.25, -0.2) is 14.2 Å². The van der Waals surface area contributed by atoms with Gasteiger partial charge >= 0.3 is 5.97 Å². The minimum Gasteiger partial charge on any atom is -0.455 e. The Bertz CT molecular complexity index is 1020. The highest BCUT2D eigenvalue weighted by atomic mass is 35.5. The van der Waals surface area contributed by atoms with E-state index in [0.29, 0.717) is 16.5 Å². The van der Waals surface area contributed by atoms with Crippen LogP contribution >= 0.6 is 22.9 Å². The molecule has 0 fully saturated rings. The first-order valence-corrected chi connectivity index (χ1v) is 9.55. The van der Waals surface area contributed by atoms with Crippen molar-refractivity contribution in [2.24, 2.45) is 0 Å². The molecule has 0 unspecified atom stereocenters. The summed E-state index contributed by atoms with van der Waals surface area (Å²) in [5.41, 5.74) is 1.84. The highest BCUT2D eigenvalue weighted by Gasteiger charge is 2.20. The van der Waals surface area contributed by atoms with Crippen molar-refractivity contribution < 1.29 is 18.7 Å². The third-order valence-corrected chi connectivity index (χ3v) is 5.01. The molecule has 1 amide bonds. The molecule has 0 aliphatic rings. The van der Waals surface area contributed by atoms with E-state index < -0.39 is 11.8 Å². The summed E-state index contributed by atoms with van der Waals surface area (Å²) in [4.78, 5) is 30.1. The van der Waals surface area contributed by atoms with E-state index in [1.165, 1.54) is 35.3 Å². The average molecular weight is 419 g/mol. The molecule has 8 heteroatoms. The smallest absolute Gasteiger partial charge is 0.343 e. The number of ether oxygens (including phenoxy) is 1. The molecule has 0 saturated heterocycles. The molecular formula is C20H16ClFN2O3S. The third kappa shape index (κ3) is 4.37. The number of anilines is 2. The number of hydrogen-bond donors (Lipinski definition) is 0. The fraction of sp³-hybridized carbons (Fsp3) is 0.150. The van der Waals surface area contributed by atoms with E-state index in [4.69, 9.17) is 16.3 Å². The Kier molecular flexibility index (Phi) is 6.06. The van der Waals surface area contributed by atoms with Crippen LogP contribution in [0, 0.1) is 12.7 Å². The number of aryl methyl sites for hydroxylation is 1. The zero-order chi connectivity index (χ0) is 20.3. The molecule has 0 aliphatic heterocycles. The number of rotatable bonds is 5. The lowest BCUT2D eigenvalue weighted by Crippen LogP contribution is -2.22. The molecular weight excluding hydrogens is 403 g/mol. The average Bonchev–Trinajstić information content (AvgIpc) is 3.08. The van der Waals surface area contributed by atoms with Crippen molar-refractivity contribution in [2.75, 3.05) is 4.90 Å². The van der Waals surface area contributed by atoms with Gasteiger partial charge in [0.1, 0.15) is 18.0 Å². The second-order valence-electron chi connectivity index (χ2n) is 5.99. The van der Waals surface area contributed by atoms with Gasteiger partial charge in [-0.2, -0.15) is 0 Å². The number of nitrogens with zero attached hydrogens (tertiary/aromatic N) is 2. The lowest BCUT2D eigenvalue weighted by Gasteiger charge is -2.18. The number of amides is 1. The Hall–Kier alpha value is -2.77. The summed E-state index contributed by atoms with van der Waals surface area (Å²) in [5.74, 6) is -1.82. The van der Waals surface area contributed by atoms with Gasteiger partial charge in [0.15, 0.2) is 5.13 Å². The molecule has 1 heterocycles. The molecule has 0 saturated carbocycles. The maximum atomic E-state index is 13.8. The summed E-state index contributed by atoms with van der Waals surface area (Å²) in [6.45, 7) is 3.21. The van der Waals surface area contributed by atoms with Crippen molar-refractivity contribution in [3.05, 3.63) is 75.5 Å². The number of esters is 1. The van der Waals surface area contributed by atoms with E-state index in [1.807, 2.05) is 31.2 Å². The standard InChI is InChI=1S/C20H16ClFN2O3S/c1-12-5-3-6-15(9-12)24(13(2)25)20-23-14(11-28-20)10-27-19(26)18-16(21)7-4-8-17(18)22/h3-9,11H,10H2,1-2H3. The number of aromatic nitrogens is 1. The first-order chi connectivity index (χ1) is 13.4. The molecule has 5 nitrogen and oxygen atoms in total. The SMILES string of the molecule is CC(=O)N(c1cccc(C)c1)c1nc(COC(=O)c2c(F)cccc2Cl)cs1. The number of hydrogen-bond acceptors (Lipinski definition) is 5. The van der Waals surface area contributed by atoms with Gasteiger partial charge in [0, 0.05) is 12.3 Å². The van der Waals surface area contributed by atoms with Crippen molar-refractivity contribution in [3.8, 4) is 0 Å². The van der Waals surface area contributed by atoms with Gasteiger partial charge in [-0.3, -0.25) is 9.69 Å². The highest BCUT2D eigenvalue weighted by Crippen LogP contribution is 2.30. The lowest BCUT2D eigenvalue weighted by atomic mass is 10.2. The molecule has 0 N–H and O–H groups in total. The number of halogens is 2. The number of benzene rings is 2. The Labute approximate surface area is 170 Å². The zero-order valence-electron chi connectivity index (χ0n) is 15.1. The first-order valence-electron chi connectivity index (χ1n) is 8.29. The van der Waals surface area contributed by atoms with Crippen molar-refractivity contribution in [1.29, 1.82) is 0 Å². The van der Waals surface area contributed by atoms with Crippen LogP contribution in [0.2, 0.25) is 5.02 Å². The zero-order valence-corrected chi connectivity index (χ0v) is 16.7. The first kappa shape index (κ1) is 20.0. The van der Waals surface area contributed by atoms with Gasteiger partial charge < -0.3 is 4.74 Å². The Morgan fingerprint density at radius 2 is 2.00 bits per heavy atom. The van der Waals surface area contributed by atoms with E-state index in [9.17, 15) is 14.0 Å². The normalized spacial score (nSPS) is 10.6. The van der Waals surface area contributed by atoms with Gasteiger partial charge in [0.05, 0.1) is 16.4 Å². The second-order valence-corrected chi connectivity index (χ2v) is 7.23. The fourth-order valence-electron chi connectivity index (χ4n) is 2.56. The molecule has 0 atom stereocenters. The topological polar surface area (TPSA) is 59.5 Å². The minimum absolute atomic E-state index is 0.0221. The summed E-state index contributed by atoms with van der Waals surface area (Å²) < 4.78 is 18.9. The van der Waals surface area contributed by atoms with Crippen LogP contribution in [0.3, 0.4) is 0 Å². The quantitative estimate of drug-likeness (QED) is 0.528. The van der Waals surface area contributed by atoms with Crippen LogP contribution in [0.5, 0.6) is 0 Å². The van der Waals surface area contributed by atoms with Crippen molar-refractivity contribution in [3.63, 3.8) is 0 Å². The Balaban J connectivity index is 1.76. The predicted molar refractivity (Wildman–Crippen MR) is 107 cm³/mol. The second kappa shape index (κ2) is 8.50. The van der Waals surface area contributed by atoms with E-state index in [-0.39, 0.29) is 23.1 Å². The number of carbonyl (C=O) groups is 2. The van der Waals surface area contributed by atoms with Crippen LogP contribution in [0.1, 0.15) is 28.5 Å². The van der Waals surface area contributed by atoms with Gasteiger partial charge in [0.2, 0.25) is 5.91 Å². The van der Waals surface area contributed by atoms with E-state index >= 15 is 0 Å². The molecule has 0 spiro atoms. The minimum atomic E-state index is -0.875. The van der Waals surface area contributed by atoms with Gasteiger partial charge in [0.25, 0.3) is 0 Å². The molecule has 1 aromatic heterocycles. The summed E-state index contributed by atoms with van der Waals surface area (Å²) in [6.07, 6.45) is 0. The highest BCUT2D eigenvalue weighted by molar-refractivity contribution is 7.14. The molecule has 0 aliphatic carbocycles. The van der Waals surface area contributed by atoms with Gasteiger partial charge in [-0.15, -0.1) is 11.3 Å². The van der Waals surface area contributed by atoms with E-state index in [0.717, 1.165) is 11.6 Å². The lowest BCUT2D eigenvalue weighted by molar-refractivity contribution is -0.115. The van der Waals surface area contributed by atoms with Crippen molar-refractivity contribution in [2.45, 2.75) is 20.5 Å². The molecule has 144 valence electrons. The van der Waals surface area contributed by atoms with Crippen LogP contribution in [-0.4, -0.2) is 16.9 Å². The molecule has 3 aromatic rings. The monoisotopic (exact) mass is 418 g/mol. The maximum Gasteiger partial charge on any atom is 0.343 e. The van der Waals surface area contributed by atoms with E-state index in [1.54, 1.807) is 5.38 Å². The summed E-state index contributed by atoms with van der Waals surface area (Å²) >= 11 is 7.11. The van der Waals surface area contributed by atoms with Crippen LogP contribution in [0.25, 0.3) is 0 Å². The summed E-state index contributed by atoms with van der Waals surface area (Å²) in [5, 5.41) is 2.11. The van der Waals surface area contributed by atoms with Crippen LogP contribution in [0.15, 0.2) is 47.8 Å². The summed E-state index contributed by atoms with van der Waals surface area (Å²) in [7, 11) is 0. The molecule has 0 radical (unpaired) electrons. The number of thiazole rings is 1. The number of carbonyl (C=O) groups excluding carboxylic acids is 2. The van der Waals surface area contributed by atoms with Crippen LogP contribution < -0.4 is 4.90 Å². The van der Waals surface area contributed by atoms with Gasteiger partial charge in [-0.1, -0.05) is 29.8 Å². The molecule has 28 heavy (non-hydrogen) atoms. The van der Waals surface area contributed by atoms with Crippen LogP contribution in [-0.2, 0) is 16.1 Å². The Morgan fingerprint density at radius 1 is 1.25 bits per heavy atom. The van der Waals surface area contributed by atoms with Gasteiger partial charge in [-0.05, 0) is 36.8 Å². The predicted octanol–water partition coefficient (Wildman–Crippen LogP) is 5.29. The van der Waals surface area contributed by atoms with Crippen molar-refractivity contribution >= 4 is 45.6 Å². The van der Waals surface area contributed by atoms with E-state index in [2.05, 4.69) is 4.98 Å².